The lowest BCUT2D eigenvalue weighted by Crippen LogP contribution is -2.04. The molecular formula is C12H17N3O. The molecule has 2 aromatic rings. The van der Waals surface area contributed by atoms with Gasteiger partial charge in [-0.15, -0.1) is 0 Å². The van der Waals surface area contributed by atoms with Crippen LogP contribution in [0.25, 0.3) is 0 Å². The number of nitrogens with zero attached hydrogens (tertiary/aromatic N) is 2. The Hall–Kier alpha value is -1.55. The monoisotopic (exact) mass is 219 g/mol. The van der Waals surface area contributed by atoms with Gasteiger partial charge in [0.1, 0.15) is 17.3 Å². The van der Waals surface area contributed by atoms with E-state index in [1.807, 2.05) is 27.1 Å². The molecule has 4 nitrogen and oxygen atoms in total. The van der Waals surface area contributed by atoms with Gasteiger partial charge in [0.25, 0.3) is 0 Å². The SMILES string of the molecule is CNCc1cc(Cn2ccnc2C)oc1C. The molecule has 0 saturated heterocycles. The summed E-state index contributed by atoms with van der Waals surface area (Å²) in [7, 11) is 1.94. The normalized spacial score (nSPS) is 10.9. The molecule has 0 aliphatic carbocycles. The van der Waals surface area contributed by atoms with Crippen LogP contribution in [0.3, 0.4) is 0 Å². The number of hydrogen-bond donors (Lipinski definition) is 1. The van der Waals surface area contributed by atoms with E-state index in [2.05, 4.69) is 20.9 Å². The van der Waals surface area contributed by atoms with Gasteiger partial charge in [0.05, 0.1) is 6.54 Å². The van der Waals surface area contributed by atoms with E-state index < -0.39 is 0 Å². The molecule has 86 valence electrons. The largest absolute Gasteiger partial charge is 0.464 e. The number of aromatic nitrogens is 2. The Morgan fingerprint density at radius 2 is 2.25 bits per heavy atom. The van der Waals surface area contributed by atoms with Gasteiger partial charge in [-0.25, -0.2) is 4.98 Å². The van der Waals surface area contributed by atoms with Crippen molar-refractivity contribution in [1.82, 2.24) is 14.9 Å². The molecule has 0 radical (unpaired) electrons. The summed E-state index contributed by atoms with van der Waals surface area (Å²) in [5.74, 6) is 2.97. The van der Waals surface area contributed by atoms with E-state index in [0.29, 0.717) is 0 Å². The highest BCUT2D eigenvalue weighted by Gasteiger charge is 2.07. The third kappa shape index (κ3) is 2.17. The highest BCUT2D eigenvalue weighted by molar-refractivity contribution is 5.21. The van der Waals surface area contributed by atoms with Gasteiger partial charge in [0.15, 0.2) is 0 Å². The van der Waals surface area contributed by atoms with Gasteiger partial charge in [0, 0.05) is 24.5 Å². The summed E-state index contributed by atoms with van der Waals surface area (Å²) in [6, 6.07) is 2.10. The second-order valence-electron chi connectivity index (χ2n) is 3.93. The van der Waals surface area contributed by atoms with Crippen molar-refractivity contribution in [2.75, 3.05) is 7.05 Å². The lowest BCUT2D eigenvalue weighted by molar-refractivity contribution is 0.465. The van der Waals surface area contributed by atoms with Crippen molar-refractivity contribution in [2.24, 2.45) is 0 Å². The summed E-state index contributed by atoms with van der Waals surface area (Å²) in [4.78, 5) is 4.19. The Morgan fingerprint density at radius 1 is 1.44 bits per heavy atom. The van der Waals surface area contributed by atoms with E-state index in [4.69, 9.17) is 4.42 Å². The fourth-order valence-corrected chi connectivity index (χ4v) is 1.77. The van der Waals surface area contributed by atoms with Crippen molar-refractivity contribution in [3.05, 3.63) is 41.4 Å². The standard InChI is InChI=1S/C12H17N3O/c1-9-11(7-13-3)6-12(16-9)8-15-5-4-14-10(15)2/h4-6,13H,7-8H2,1-3H3. The summed E-state index contributed by atoms with van der Waals surface area (Å²) in [5, 5.41) is 3.13. The summed E-state index contributed by atoms with van der Waals surface area (Å²) >= 11 is 0. The third-order valence-corrected chi connectivity index (χ3v) is 2.69. The van der Waals surface area contributed by atoms with E-state index in [1.54, 1.807) is 6.20 Å². The Balaban J connectivity index is 2.16. The smallest absolute Gasteiger partial charge is 0.124 e. The molecule has 0 aromatic carbocycles. The van der Waals surface area contributed by atoms with Crippen LogP contribution < -0.4 is 5.32 Å². The molecule has 4 heteroatoms. The molecule has 1 N–H and O–H groups in total. The van der Waals surface area contributed by atoms with Crippen LogP contribution in [-0.4, -0.2) is 16.6 Å². The molecule has 0 amide bonds. The molecule has 0 aliphatic rings. The Morgan fingerprint density at radius 3 is 2.88 bits per heavy atom. The predicted octanol–water partition coefficient (Wildman–Crippen LogP) is 1.86. The molecule has 0 bridgehead atoms. The van der Waals surface area contributed by atoms with Crippen LogP contribution in [0.2, 0.25) is 0 Å². The predicted molar refractivity (Wildman–Crippen MR) is 62.3 cm³/mol. The first-order valence-corrected chi connectivity index (χ1v) is 5.41. The zero-order valence-electron chi connectivity index (χ0n) is 9.95. The minimum absolute atomic E-state index is 0.746. The number of imidazole rings is 1. The molecule has 16 heavy (non-hydrogen) atoms. The lowest BCUT2D eigenvalue weighted by atomic mass is 10.2. The fraction of sp³-hybridized carbons (Fsp3) is 0.417. The Bertz CT molecular complexity index is 470. The van der Waals surface area contributed by atoms with Crippen LogP contribution in [0.15, 0.2) is 22.9 Å². The number of hydrogen-bond acceptors (Lipinski definition) is 3. The third-order valence-electron chi connectivity index (χ3n) is 2.69. The second-order valence-corrected chi connectivity index (χ2v) is 3.93. The van der Waals surface area contributed by atoms with E-state index in [1.165, 1.54) is 5.56 Å². The highest BCUT2D eigenvalue weighted by atomic mass is 16.3. The van der Waals surface area contributed by atoms with Crippen molar-refractivity contribution < 1.29 is 4.42 Å². The van der Waals surface area contributed by atoms with Crippen LogP contribution >= 0.6 is 0 Å². The molecule has 0 aliphatic heterocycles. The maximum absolute atomic E-state index is 5.71. The van der Waals surface area contributed by atoms with Crippen LogP contribution in [0.5, 0.6) is 0 Å². The topological polar surface area (TPSA) is 43.0 Å². The van der Waals surface area contributed by atoms with Crippen molar-refractivity contribution in [3.8, 4) is 0 Å². The van der Waals surface area contributed by atoms with E-state index in [-0.39, 0.29) is 0 Å². The van der Waals surface area contributed by atoms with E-state index in [0.717, 1.165) is 30.4 Å². The maximum Gasteiger partial charge on any atom is 0.124 e. The molecule has 2 heterocycles. The molecule has 0 atom stereocenters. The van der Waals surface area contributed by atoms with Crippen LogP contribution in [-0.2, 0) is 13.1 Å². The summed E-state index contributed by atoms with van der Waals surface area (Å²) in [6.45, 7) is 5.58. The van der Waals surface area contributed by atoms with Gasteiger partial charge in [-0.3, -0.25) is 0 Å². The summed E-state index contributed by atoms with van der Waals surface area (Å²) in [5.41, 5.74) is 1.22. The van der Waals surface area contributed by atoms with Crippen molar-refractivity contribution in [2.45, 2.75) is 26.9 Å². The van der Waals surface area contributed by atoms with Gasteiger partial charge in [-0.1, -0.05) is 0 Å². The molecule has 0 spiro atoms. The molecule has 0 saturated carbocycles. The first kappa shape index (κ1) is 11.0. The van der Waals surface area contributed by atoms with Crippen LogP contribution in [0.1, 0.15) is 22.9 Å². The minimum atomic E-state index is 0.746. The zero-order chi connectivity index (χ0) is 11.5. The van der Waals surface area contributed by atoms with Crippen LogP contribution in [0, 0.1) is 13.8 Å². The first-order chi connectivity index (χ1) is 7.70. The van der Waals surface area contributed by atoms with E-state index in [9.17, 15) is 0 Å². The number of furan rings is 1. The summed E-state index contributed by atoms with van der Waals surface area (Å²) in [6.07, 6.45) is 3.77. The Labute approximate surface area is 95.3 Å². The molecule has 2 rings (SSSR count). The van der Waals surface area contributed by atoms with E-state index >= 15 is 0 Å². The fourth-order valence-electron chi connectivity index (χ4n) is 1.77. The van der Waals surface area contributed by atoms with Gasteiger partial charge >= 0.3 is 0 Å². The summed E-state index contributed by atoms with van der Waals surface area (Å²) < 4.78 is 7.78. The minimum Gasteiger partial charge on any atom is -0.464 e. The van der Waals surface area contributed by atoms with Gasteiger partial charge < -0.3 is 14.3 Å². The Kier molecular flexibility index (Phi) is 3.10. The number of nitrogens with one attached hydrogen (secondary N) is 1. The maximum atomic E-state index is 5.71. The van der Waals surface area contributed by atoms with Crippen LogP contribution in [0.4, 0.5) is 0 Å². The van der Waals surface area contributed by atoms with Gasteiger partial charge in [0.2, 0.25) is 0 Å². The molecule has 0 fully saturated rings. The van der Waals surface area contributed by atoms with Gasteiger partial charge in [-0.2, -0.15) is 0 Å². The lowest BCUT2D eigenvalue weighted by Gasteiger charge is -2.00. The first-order valence-electron chi connectivity index (χ1n) is 5.41. The second kappa shape index (κ2) is 4.53. The molecular weight excluding hydrogens is 202 g/mol. The van der Waals surface area contributed by atoms with Crippen molar-refractivity contribution in [1.29, 1.82) is 0 Å². The molecule has 2 aromatic heterocycles. The number of rotatable bonds is 4. The number of aryl methyl sites for hydroxylation is 2. The van der Waals surface area contributed by atoms with Crippen molar-refractivity contribution in [3.63, 3.8) is 0 Å². The van der Waals surface area contributed by atoms with Gasteiger partial charge in [-0.05, 0) is 27.0 Å². The quantitative estimate of drug-likeness (QED) is 0.853. The van der Waals surface area contributed by atoms with Crippen molar-refractivity contribution >= 4 is 0 Å². The average molecular weight is 219 g/mol. The zero-order valence-corrected chi connectivity index (χ0v) is 9.95. The average Bonchev–Trinajstić information content (AvgIpc) is 2.77. The molecule has 0 unspecified atom stereocenters. The highest BCUT2D eigenvalue weighted by Crippen LogP contribution is 2.15.